The van der Waals surface area contributed by atoms with Gasteiger partial charge in [-0.3, -0.25) is 9.59 Å². The predicted molar refractivity (Wildman–Crippen MR) is 130 cm³/mol. The van der Waals surface area contributed by atoms with Crippen molar-refractivity contribution in [2.45, 2.75) is 50.6 Å². The van der Waals surface area contributed by atoms with Gasteiger partial charge < -0.3 is 30.3 Å². The number of amides is 1. The van der Waals surface area contributed by atoms with E-state index in [1.807, 2.05) is 44.2 Å². The minimum atomic E-state index is -1.14. The molecule has 9 nitrogen and oxygen atoms in total. The number of phenolic OH excluding ortho intramolecular Hbond substituents is 1. The number of aliphatic carboxylic acids is 1. The highest BCUT2D eigenvalue weighted by Crippen LogP contribution is 2.34. The van der Waals surface area contributed by atoms with Crippen molar-refractivity contribution in [3.8, 4) is 11.5 Å². The van der Waals surface area contributed by atoms with E-state index in [1.165, 1.54) is 14.2 Å². The monoisotopic (exact) mass is 486 g/mol. The third-order valence-corrected chi connectivity index (χ3v) is 5.88. The molecule has 0 radical (unpaired) electrons. The van der Waals surface area contributed by atoms with Gasteiger partial charge in [0.25, 0.3) is 0 Å². The van der Waals surface area contributed by atoms with Crippen molar-refractivity contribution in [2.75, 3.05) is 20.8 Å². The molecular weight excluding hydrogens is 452 g/mol. The normalized spacial score (nSPS) is 12.9. The molecule has 2 rings (SSSR count). The first-order chi connectivity index (χ1) is 16.6. The molecule has 0 saturated carbocycles. The van der Waals surface area contributed by atoms with Crippen LogP contribution in [-0.4, -0.2) is 60.9 Å². The molecule has 0 unspecified atom stereocenters. The molecule has 0 fully saturated rings. The lowest BCUT2D eigenvalue weighted by molar-refractivity contribution is -0.145. The Morgan fingerprint density at radius 2 is 1.71 bits per heavy atom. The van der Waals surface area contributed by atoms with Crippen LogP contribution in [0.5, 0.6) is 11.5 Å². The van der Waals surface area contributed by atoms with Crippen LogP contribution in [0, 0.1) is 0 Å². The van der Waals surface area contributed by atoms with E-state index in [4.69, 9.17) is 9.47 Å². The second-order valence-corrected chi connectivity index (χ2v) is 8.90. The van der Waals surface area contributed by atoms with Crippen molar-refractivity contribution in [3.63, 3.8) is 0 Å². The number of hydrogen-bond acceptors (Lipinski definition) is 7. The van der Waals surface area contributed by atoms with Crippen LogP contribution in [0.4, 0.5) is 0 Å². The van der Waals surface area contributed by atoms with Crippen molar-refractivity contribution < 1.29 is 34.1 Å². The van der Waals surface area contributed by atoms with Crippen LogP contribution in [0.3, 0.4) is 0 Å². The Bertz CT molecular complexity index is 1010. The van der Waals surface area contributed by atoms with Crippen LogP contribution >= 0.6 is 0 Å². The minimum Gasteiger partial charge on any atom is -0.504 e. The Balaban J connectivity index is 2.07. The van der Waals surface area contributed by atoms with E-state index < -0.39 is 36.4 Å². The quantitative estimate of drug-likeness (QED) is 0.317. The molecule has 1 amide bonds. The molecule has 0 heterocycles. The standard InChI is InChI=1S/C26H34N2O7/c1-26(2,18-10-11-21(29)22(15-18)34-3)12-13-27-19(16-23(30)31)24(32)28-20(25(33)35-4)14-17-8-6-5-7-9-17/h5-11,15,19-20,27,29H,12-14,16H2,1-4H3,(H,28,32)(H,30,31)/t19-,20+/m0/s1. The lowest BCUT2D eigenvalue weighted by Gasteiger charge is -2.27. The number of carboxylic acids is 1. The highest BCUT2D eigenvalue weighted by atomic mass is 16.5. The molecule has 0 spiro atoms. The molecule has 2 atom stereocenters. The highest BCUT2D eigenvalue weighted by Gasteiger charge is 2.29. The van der Waals surface area contributed by atoms with Crippen molar-refractivity contribution in [1.82, 2.24) is 10.6 Å². The first-order valence-corrected chi connectivity index (χ1v) is 11.3. The zero-order valence-electron chi connectivity index (χ0n) is 20.5. The summed E-state index contributed by atoms with van der Waals surface area (Å²) in [6, 6.07) is 12.3. The average molecular weight is 487 g/mol. The lowest BCUT2D eigenvalue weighted by atomic mass is 9.81. The van der Waals surface area contributed by atoms with E-state index in [-0.39, 0.29) is 17.6 Å². The van der Waals surface area contributed by atoms with Gasteiger partial charge in [0.15, 0.2) is 11.5 Å². The minimum absolute atomic E-state index is 0.0408. The van der Waals surface area contributed by atoms with Gasteiger partial charge >= 0.3 is 11.9 Å². The van der Waals surface area contributed by atoms with E-state index in [1.54, 1.807) is 18.2 Å². The summed E-state index contributed by atoms with van der Waals surface area (Å²) in [5, 5.41) is 24.8. The topological polar surface area (TPSA) is 134 Å². The Hall–Kier alpha value is -3.59. The summed E-state index contributed by atoms with van der Waals surface area (Å²) >= 11 is 0. The summed E-state index contributed by atoms with van der Waals surface area (Å²) in [6.07, 6.45) is 0.335. The number of ether oxygens (including phenoxy) is 2. The van der Waals surface area contributed by atoms with Crippen LogP contribution in [0.2, 0.25) is 0 Å². The number of phenols is 1. The van der Waals surface area contributed by atoms with Gasteiger partial charge in [0.1, 0.15) is 6.04 Å². The van der Waals surface area contributed by atoms with Crippen LogP contribution in [0.1, 0.15) is 37.8 Å². The van der Waals surface area contributed by atoms with E-state index in [0.717, 1.165) is 11.1 Å². The Morgan fingerprint density at radius 1 is 1.03 bits per heavy atom. The zero-order chi connectivity index (χ0) is 26.0. The van der Waals surface area contributed by atoms with Gasteiger partial charge in [-0.1, -0.05) is 50.2 Å². The summed E-state index contributed by atoms with van der Waals surface area (Å²) in [4.78, 5) is 36.6. The first kappa shape index (κ1) is 27.7. The maximum Gasteiger partial charge on any atom is 0.328 e. The van der Waals surface area contributed by atoms with Gasteiger partial charge in [-0.2, -0.15) is 0 Å². The second kappa shape index (κ2) is 12.8. The van der Waals surface area contributed by atoms with Gasteiger partial charge in [0.05, 0.1) is 26.7 Å². The number of rotatable bonds is 13. The number of aromatic hydroxyl groups is 1. The highest BCUT2D eigenvalue weighted by molar-refractivity contribution is 5.90. The zero-order valence-corrected chi connectivity index (χ0v) is 20.5. The van der Waals surface area contributed by atoms with Gasteiger partial charge in [0.2, 0.25) is 5.91 Å². The fourth-order valence-corrected chi connectivity index (χ4v) is 3.69. The molecule has 0 bridgehead atoms. The molecule has 35 heavy (non-hydrogen) atoms. The third-order valence-electron chi connectivity index (χ3n) is 5.88. The fraction of sp³-hybridized carbons (Fsp3) is 0.423. The van der Waals surface area contributed by atoms with Crippen LogP contribution in [-0.2, 0) is 31.0 Å². The number of nitrogens with one attached hydrogen (secondary N) is 2. The molecule has 0 aliphatic rings. The molecule has 190 valence electrons. The maximum atomic E-state index is 13.0. The molecule has 2 aromatic rings. The van der Waals surface area contributed by atoms with Crippen molar-refractivity contribution in [1.29, 1.82) is 0 Å². The van der Waals surface area contributed by atoms with Crippen molar-refractivity contribution in [2.24, 2.45) is 0 Å². The van der Waals surface area contributed by atoms with Crippen molar-refractivity contribution >= 4 is 17.8 Å². The van der Waals surface area contributed by atoms with Gasteiger partial charge in [-0.15, -0.1) is 0 Å². The number of hydrogen-bond donors (Lipinski definition) is 4. The van der Waals surface area contributed by atoms with Crippen LogP contribution in [0.25, 0.3) is 0 Å². The first-order valence-electron chi connectivity index (χ1n) is 11.3. The maximum absolute atomic E-state index is 13.0. The molecule has 9 heteroatoms. The number of benzene rings is 2. The largest absolute Gasteiger partial charge is 0.504 e. The summed E-state index contributed by atoms with van der Waals surface area (Å²) in [7, 11) is 2.71. The molecule has 4 N–H and O–H groups in total. The van der Waals surface area contributed by atoms with Crippen LogP contribution in [0.15, 0.2) is 48.5 Å². The smallest absolute Gasteiger partial charge is 0.328 e. The van der Waals surface area contributed by atoms with Crippen molar-refractivity contribution in [3.05, 3.63) is 59.7 Å². The average Bonchev–Trinajstić information content (AvgIpc) is 2.82. The Kier molecular flexibility index (Phi) is 10.1. The Morgan fingerprint density at radius 3 is 2.31 bits per heavy atom. The summed E-state index contributed by atoms with van der Waals surface area (Å²) < 4.78 is 10.0. The SMILES string of the molecule is COC(=O)[C@@H](Cc1ccccc1)NC(=O)[C@H](CC(=O)O)NCCC(C)(C)c1ccc(O)c(OC)c1. The predicted octanol–water partition coefficient (Wildman–Crippen LogP) is 2.40. The summed E-state index contributed by atoms with van der Waals surface area (Å²) in [5.41, 5.74) is 1.39. The molecule has 0 aliphatic carbocycles. The summed E-state index contributed by atoms with van der Waals surface area (Å²) in [6.45, 7) is 4.34. The van der Waals surface area contributed by atoms with E-state index in [9.17, 15) is 24.6 Å². The number of carboxylic acid groups (broad SMARTS) is 1. The Labute approximate surface area is 205 Å². The molecule has 0 aromatic heterocycles. The molecule has 2 aromatic carbocycles. The fourth-order valence-electron chi connectivity index (χ4n) is 3.69. The second-order valence-electron chi connectivity index (χ2n) is 8.90. The molecule has 0 aliphatic heterocycles. The lowest BCUT2D eigenvalue weighted by Crippen LogP contribution is -2.52. The molecular formula is C26H34N2O7. The van der Waals surface area contributed by atoms with E-state index >= 15 is 0 Å². The summed E-state index contributed by atoms with van der Waals surface area (Å²) in [5.74, 6) is -1.95. The van der Waals surface area contributed by atoms with Gasteiger partial charge in [-0.25, -0.2) is 4.79 Å². The van der Waals surface area contributed by atoms with E-state index in [0.29, 0.717) is 18.7 Å². The number of esters is 1. The van der Waals surface area contributed by atoms with Gasteiger partial charge in [0, 0.05) is 6.42 Å². The molecule has 0 saturated heterocycles. The number of carbonyl (C=O) groups excluding carboxylic acids is 2. The number of carbonyl (C=O) groups is 3. The third kappa shape index (κ3) is 8.29. The van der Waals surface area contributed by atoms with Crippen LogP contribution < -0.4 is 15.4 Å². The van der Waals surface area contributed by atoms with E-state index in [2.05, 4.69) is 10.6 Å². The van der Waals surface area contributed by atoms with Gasteiger partial charge in [-0.05, 0) is 41.6 Å². The number of methoxy groups -OCH3 is 2.